The Morgan fingerprint density at radius 3 is 1.41 bits per heavy atom. The number of aliphatic hydroxyl groups excluding tert-OH is 2. The fourth-order valence-electron chi connectivity index (χ4n) is 4.39. The Morgan fingerprint density at radius 2 is 1.00 bits per heavy atom. The third kappa shape index (κ3) is 18.8. The van der Waals surface area contributed by atoms with Gasteiger partial charge in [-0.25, -0.2) is 0 Å². The van der Waals surface area contributed by atoms with E-state index in [-0.39, 0.29) is 12.2 Å². The van der Waals surface area contributed by atoms with Crippen LogP contribution >= 0.6 is 0 Å². The van der Waals surface area contributed by atoms with Crippen LogP contribution in [0.4, 0.5) is 0 Å². The molecule has 0 aromatic carbocycles. The Bertz CT molecular complexity index is 424. The molecule has 0 spiro atoms. The molecule has 0 saturated carbocycles. The summed E-state index contributed by atoms with van der Waals surface area (Å²) in [6.07, 6.45) is 21.7. The number of hydrogen-bond acceptors (Lipinski definition) is 4. The molecule has 0 fully saturated rings. The van der Waals surface area contributed by atoms with Crippen LogP contribution < -0.4 is 0 Å². The van der Waals surface area contributed by atoms with Crippen LogP contribution in [-0.2, 0) is 9.59 Å². The lowest BCUT2D eigenvalue weighted by molar-refractivity contribution is -0.133. The van der Waals surface area contributed by atoms with Gasteiger partial charge in [0.25, 0.3) is 0 Å². The Balaban J connectivity index is 3.82. The van der Waals surface area contributed by atoms with Crippen LogP contribution in [0.5, 0.6) is 0 Å². The van der Waals surface area contributed by atoms with Crippen molar-refractivity contribution in [2.75, 3.05) is 0 Å². The summed E-state index contributed by atoms with van der Waals surface area (Å²) in [5, 5.41) is 20.5. The van der Waals surface area contributed by atoms with Gasteiger partial charge in [-0.05, 0) is 12.8 Å². The Hall–Kier alpha value is -0.740. The number of aldehydes is 1. The summed E-state index contributed by atoms with van der Waals surface area (Å²) in [5.74, 6) is -1.30. The monoisotopic (exact) mass is 454 g/mol. The lowest BCUT2D eigenvalue weighted by atomic mass is 9.90. The maximum absolute atomic E-state index is 12.4. The van der Waals surface area contributed by atoms with Crippen molar-refractivity contribution in [3.05, 3.63) is 0 Å². The second-order valence-electron chi connectivity index (χ2n) is 9.79. The van der Waals surface area contributed by atoms with Gasteiger partial charge in [-0.15, -0.1) is 0 Å². The molecule has 4 nitrogen and oxygen atoms in total. The minimum Gasteiger partial charge on any atom is -0.393 e. The van der Waals surface area contributed by atoms with Crippen molar-refractivity contribution >= 4 is 12.1 Å². The van der Waals surface area contributed by atoms with Crippen molar-refractivity contribution in [2.45, 2.75) is 161 Å². The molecule has 0 radical (unpaired) electrons. The van der Waals surface area contributed by atoms with Gasteiger partial charge >= 0.3 is 0 Å². The zero-order valence-corrected chi connectivity index (χ0v) is 21.4. The summed E-state index contributed by atoms with van der Waals surface area (Å²) in [4.78, 5) is 23.8. The van der Waals surface area contributed by atoms with E-state index in [0.717, 1.165) is 32.1 Å². The highest BCUT2D eigenvalue weighted by atomic mass is 16.3. The summed E-state index contributed by atoms with van der Waals surface area (Å²) in [5.41, 5.74) is 0. The number of aliphatic hydroxyl groups is 2. The van der Waals surface area contributed by atoms with Crippen molar-refractivity contribution in [3.63, 3.8) is 0 Å². The molecule has 0 amide bonds. The van der Waals surface area contributed by atoms with E-state index in [1.165, 1.54) is 83.5 Å². The Morgan fingerprint density at radius 1 is 0.625 bits per heavy atom. The van der Waals surface area contributed by atoms with Gasteiger partial charge in [0.1, 0.15) is 12.1 Å². The molecule has 190 valence electrons. The minimum atomic E-state index is -0.984. The summed E-state index contributed by atoms with van der Waals surface area (Å²) >= 11 is 0. The highest BCUT2D eigenvalue weighted by Gasteiger charge is 2.27. The van der Waals surface area contributed by atoms with Gasteiger partial charge in [0.15, 0.2) is 0 Å². The fourth-order valence-corrected chi connectivity index (χ4v) is 4.39. The zero-order valence-electron chi connectivity index (χ0n) is 21.4. The van der Waals surface area contributed by atoms with E-state index in [2.05, 4.69) is 13.8 Å². The Labute approximate surface area is 199 Å². The SMILES string of the molecule is CCCCCCCCCCCC(O)CC(=O)C(C=O)C(O)CCCCCCCCCCC. The maximum atomic E-state index is 12.4. The first-order valence-electron chi connectivity index (χ1n) is 13.9. The number of hydrogen-bond donors (Lipinski definition) is 2. The summed E-state index contributed by atoms with van der Waals surface area (Å²) in [6, 6.07) is 0. The van der Waals surface area contributed by atoms with Crippen LogP contribution in [0.3, 0.4) is 0 Å². The quantitative estimate of drug-likeness (QED) is 0.0860. The molecule has 0 bridgehead atoms. The molecule has 0 aliphatic heterocycles. The molecular formula is C28H54O4. The average Bonchev–Trinajstić information content (AvgIpc) is 2.77. The van der Waals surface area contributed by atoms with E-state index < -0.39 is 18.1 Å². The molecule has 0 aliphatic rings. The molecule has 32 heavy (non-hydrogen) atoms. The van der Waals surface area contributed by atoms with Gasteiger partial charge in [-0.1, -0.05) is 129 Å². The third-order valence-electron chi connectivity index (χ3n) is 6.61. The van der Waals surface area contributed by atoms with Crippen molar-refractivity contribution < 1.29 is 19.8 Å². The molecule has 4 heteroatoms. The second-order valence-corrected chi connectivity index (χ2v) is 9.79. The van der Waals surface area contributed by atoms with Crippen LogP contribution in [0.1, 0.15) is 149 Å². The standard InChI is InChI=1S/C28H54O4/c1-3-5-7-9-11-13-15-17-19-21-25(30)23-28(32)26(24-29)27(31)22-20-18-16-14-12-10-8-6-4-2/h24-27,30-31H,3-23H2,1-2H3. The first-order chi connectivity index (χ1) is 15.6. The second kappa shape index (κ2) is 23.4. The van der Waals surface area contributed by atoms with Crippen LogP contribution in [0.2, 0.25) is 0 Å². The molecule has 3 unspecified atom stereocenters. The number of carbonyl (C=O) groups excluding carboxylic acids is 2. The molecule has 2 N–H and O–H groups in total. The fraction of sp³-hybridized carbons (Fsp3) is 0.929. The van der Waals surface area contributed by atoms with Crippen LogP contribution in [0.25, 0.3) is 0 Å². The topological polar surface area (TPSA) is 74.6 Å². The molecule has 0 aliphatic carbocycles. The van der Waals surface area contributed by atoms with Crippen molar-refractivity contribution in [2.24, 2.45) is 5.92 Å². The van der Waals surface area contributed by atoms with Gasteiger partial charge in [0.05, 0.1) is 18.1 Å². The van der Waals surface area contributed by atoms with E-state index in [1.807, 2.05) is 0 Å². The van der Waals surface area contributed by atoms with Crippen LogP contribution in [0, 0.1) is 5.92 Å². The summed E-state index contributed by atoms with van der Waals surface area (Å²) in [6.45, 7) is 4.45. The molecule has 0 aromatic heterocycles. The summed E-state index contributed by atoms with van der Waals surface area (Å²) in [7, 11) is 0. The number of unbranched alkanes of at least 4 members (excludes halogenated alkanes) is 16. The highest BCUT2D eigenvalue weighted by molar-refractivity contribution is 5.94. The van der Waals surface area contributed by atoms with Gasteiger partial charge in [0.2, 0.25) is 0 Å². The van der Waals surface area contributed by atoms with Gasteiger partial charge in [-0.2, -0.15) is 0 Å². The average molecular weight is 455 g/mol. The molecule has 0 saturated heterocycles. The van der Waals surface area contributed by atoms with E-state index in [1.54, 1.807) is 0 Å². The number of rotatable bonds is 25. The van der Waals surface area contributed by atoms with Crippen LogP contribution in [0.15, 0.2) is 0 Å². The predicted molar refractivity (Wildman–Crippen MR) is 135 cm³/mol. The molecule has 0 rings (SSSR count). The lowest BCUT2D eigenvalue weighted by Crippen LogP contribution is -2.32. The third-order valence-corrected chi connectivity index (χ3v) is 6.61. The number of Topliss-reactive ketones (excluding diaryl/α,β-unsaturated/α-hetero) is 1. The van der Waals surface area contributed by atoms with Gasteiger partial charge < -0.3 is 15.0 Å². The smallest absolute Gasteiger partial charge is 0.148 e. The summed E-state index contributed by atoms with van der Waals surface area (Å²) < 4.78 is 0. The van der Waals surface area contributed by atoms with E-state index in [9.17, 15) is 19.8 Å². The Kier molecular flexibility index (Phi) is 22.9. The molecule has 0 heterocycles. The molecule has 0 aromatic rings. The van der Waals surface area contributed by atoms with Gasteiger partial charge in [0, 0.05) is 6.42 Å². The van der Waals surface area contributed by atoms with E-state index in [0.29, 0.717) is 19.1 Å². The minimum absolute atomic E-state index is 0.0186. The van der Waals surface area contributed by atoms with Crippen molar-refractivity contribution in [1.82, 2.24) is 0 Å². The first-order valence-corrected chi connectivity index (χ1v) is 13.9. The van der Waals surface area contributed by atoms with Gasteiger partial charge in [-0.3, -0.25) is 4.79 Å². The lowest BCUT2D eigenvalue weighted by Gasteiger charge is -2.18. The van der Waals surface area contributed by atoms with Crippen LogP contribution in [-0.4, -0.2) is 34.5 Å². The van der Waals surface area contributed by atoms with E-state index in [4.69, 9.17) is 0 Å². The highest BCUT2D eigenvalue weighted by Crippen LogP contribution is 2.18. The zero-order chi connectivity index (χ0) is 23.9. The molecule has 3 atom stereocenters. The number of ketones is 1. The first kappa shape index (κ1) is 31.3. The molecular weight excluding hydrogens is 400 g/mol. The maximum Gasteiger partial charge on any atom is 0.148 e. The normalized spacial score (nSPS) is 14.2. The van der Waals surface area contributed by atoms with E-state index >= 15 is 0 Å². The largest absolute Gasteiger partial charge is 0.393 e. The number of carbonyl (C=O) groups is 2. The van der Waals surface area contributed by atoms with Crippen molar-refractivity contribution in [1.29, 1.82) is 0 Å². The van der Waals surface area contributed by atoms with Crippen molar-refractivity contribution in [3.8, 4) is 0 Å². The predicted octanol–water partition coefficient (Wildman–Crippen LogP) is 7.32.